The Morgan fingerprint density at radius 2 is 1.81 bits per heavy atom. The highest BCUT2D eigenvalue weighted by Gasteiger charge is 2.10. The van der Waals surface area contributed by atoms with Crippen molar-refractivity contribution in [3.05, 3.63) is 29.8 Å². The summed E-state index contributed by atoms with van der Waals surface area (Å²) in [5, 5.41) is 10.6. The van der Waals surface area contributed by atoms with Gasteiger partial charge in [0.15, 0.2) is 5.78 Å². The highest BCUT2D eigenvalue weighted by Crippen LogP contribution is 2.14. The van der Waals surface area contributed by atoms with Crippen LogP contribution in [0.3, 0.4) is 0 Å². The summed E-state index contributed by atoms with van der Waals surface area (Å²) in [5.41, 5.74) is 0.505. The van der Waals surface area contributed by atoms with E-state index in [-0.39, 0.29) is 18.6 Å². The first-order valence-electron chi connectivity index (χ1n) is 6.77. The molecule has 1 aromatic rings. The number of aliphatic carboxylic acids is 1. The minimum Gasteiger partial charge on any atom is -0.494 e. The maximum Gasteiger partial charge on any atom is 0.322 e. The third-order valence-corrected chi connectivity index (χ3v) is 2.67. The first kappa shape index (κ1) is 16.7. The minimum atomic E-state index is -1.11. The van der Waals surface area contributed by atoms with Crippen molar-refractivity contribution in [2.24, 2.45) is 0 Å². The summed E-state index contributed by atoms with van der Waals surface area (Å²) in [6.07, 6.45) is 0.924. The molecule has 0 saturated carbocycles. The number of carbonyl (C=O) groups is 3. The monoisotopic (exact) mass is 293 g/mol. The lowest BCUT2D eigenvalue weighted by Gasteiger charge is -2.06. The smallest absolute Gasteiger partial charge is 0.322 e. The Kier molecular flexibility index (Phi) is 6.94. The number of carboxylic acids is 1. The number of amides is 1. The zero-order chi connectivity index (χ0) is 15.7. The molecule has 6 nitrogen and oxygen atoms in total. The normalized spacial score (nSPS) is 9.95. The largest absolute Gasteiger partial charge is 0.494 e. The van der Waals surface area contributed by atoms with E-state index in [1.807, 2.05) is 6.92 Å². The average Bonchev–Trinajstić information content (AvgIpc) is 2.49. The Bertz CT molecular complexity index is 495. The fourth-order valence-electron chi connectivity index (χ4n) is 1.59. The van der Waals surface area contributed by atoms with E-state index in [9.17, 15) is 14.4 Å². The van der Waals surface area contributed by atoms with Gasteiger partial charge in [-0.2, -0.15) is 0 Å². The van der Waals surface area contributed by atoms with Crippen molar-refractivity contribution in [2.45, 2.75) is 26.2 Å². The Morgan fingerprint density at radius 3 is 2.38 bits per heavy atom. The Labute approximate surface area is 123 Å². The van der Waals surface area contributed by atoms with Gasteiger partial charge in [-0.25, -0.2) is 0 Å². The van der Waals surface area contributed by atoms with Gasteiger partial charge in [0.25, 0.3) is 0 Å². The van der Waals surface area contributed by atoms with Crippen LogP contribution >= 0.6 is 0 Å². The van der Waals surface area contributed by atoms with Crippen LogP contribution < -0.4 is 10.1 Å². The SMILES string of the molecule is CCCOc1ccc(C(=O)CCC(=O)NCC(=O)O)cc1. The summed E-state index contributed by atoms with van der Waals surface area (Å²) < 4.78 is 5.41. The predicted molar refractivity (Wildman–Crippen MR) is 76.4 cm³/mol. The molecular weight excluding hydrogens is 274 g/mol. The maximum atomic E-state index is 11.9. The molecule has 114 valence electrons. The van der Waals surface area contributed by atoms with Gasteiger partial charge in [0.1, 0.15) is 12.3 Å². The number of Topliss-reactive ketones (excluding diaryl/α,β-unsaturated/α-hetero) is 1. The lowest BCUT2D eigenvalue weighted by molar-refractivity contribution is -0.137. The number of hydrogen-bond acceptors (Lipinski definition) is 4. The van der Waals surface area contributed by atoms with Crippen molar-refractivity contribution in [2.75, 3.05) is 13.2 Å². The van der Waals surface area contributed by atoms with E-state index in [1.54, 1.807) is 24.3 Å². The Balaban J connectivity index is 2.41. The third-order valence-electron chi connectivity index (χ3n) is 2.67. The number of nitrogens with one attached hydrogen (secondary N) is 1. The highest BCUT2D eigenvalue weighted by atomic mass is 16.5. The summed E-state index contributed by atoms with van der Waals surface area (Å²) in [5.74, 6) is -1.03. The van der Waals surface area contributed by atoms with Crippen LogP contribution in [0, 0.1) is 0 Å². The van der Waals surface area contributed by atoms with Gasteiger partial charge >= 0.3 is 5.97 Å². The zero-order valence-corrected chi connectivity index (χ0v) is 11.9. The molecule has 0 bridgehead atoms. The molecule has 0 radical (unpaired) electrons. The molecule has 0 unspecified atom stereocenters. The molecule has 21 heavy (non-hydrogen) atoms. The molecule has 2 N–H and O–H groups in total. The average molecular weight is 293 g/mol. The van der Waals surface area contributed by atoms with Crippen molar-refractivity contribution in [3.8, 4) is 5.75 Å². The number of hydrogen-bond donors (Lipinski definition) is 2. The quantitative estimate of drug-likeness (QED) is 0.675. The van der Waals surface area contributed by atoms with Crippen molar-refractivity contribution in [1.82, 2.24) is 5.32 Å². The van der Waals surface area contributed by atoms with Gasteiger partial charge in [0.2, 0.25) is 5.91 Å². The van der Waals surface area contributed by atoms with E-state index in [2.05, 4.69) is 5.32 Å². The van der Waals surface area contributed by atoms with Gasteiger partial charge in [-0.3, -0.25) is 14.4 Å². The second-order valence-corrected chi connectivity index (χ2v) is 4.47. The van der Waals surface area contributed by atoms with Gasteiger partial charge < -0.3 is 15.2 Å². The molecule has 0 aromatic heterocycles. The summed E-state index contributed by atoms with van der Waals surface area (Å²) in [6.45, 7) is 2.20. The van der Waals surface area contributed by atoms with E-state index in [0.717, 1.165) is 6.42 Å². The molecule has 0 fully saturated rings. The van der Waals surface area contributed by atoms with E-state index in [1.165, 1.54) is 0 Å². The number of ether oxygens (including phenoxy) is 1. The Hall–Kier alpha value is -2.37. The van der Waals surface area contributed by atoms with E-state index in [0.29, 0.717) is 17.9 Å². The van der Waals surface area contributed by atoms with E-state index >= 15 is 0 Å². The van der Waals surface area contributed by atoms with Gasteiger partial charge in [-0.15, -0.1) is 0 Å². The topological polar surface area (TPSA) is 92.7 Å². The van der Waals surface area contributed by atoms with Gasteiger partial charge in [0.05, 0.1) is 6.61 Å². The second-order valence-electron chi connectivity index (χ2n) is 4.47. The highest BCUT2D eigenvalue weighted by molar-refractivity contribution is 5.98. The fourth-order valence-corrected chi connectivity index (χ4v) is 1.59. The number of carboxylic acid groups (broad SMARTS) is 1. The molecular formula is C15H19NO5. The number of rotatable bonds is 9. The van der Waals surface area contributed by atoms with Crippen LogP contribution in [0.25, 0.3) is 0 Å². The molecule has 6 heteroatoms. The Morgan fingerprint density at radius 1 is 1.14 bits per heavy atom. The molecule has 0 aliphatic rings. The van der Waals surface area contributed by atoms with Gasteiger partial charge in [0, 0.05) is 18.4 Å². The van der Waals surface area contributed by atoms with Crippen molar-refractivity contribution in [3.63, 3.8) is 0 Å². The van der Waals surface area contributed by atoms with Crippen molar-refractivity contribution < 1.29 is 24.2 Å². The van der Waals surface area contributed by atoms with Gasteiger partial charge in [-0.1, -0.05) is 6.92 Å². The molecule has 0 saturated heterocycles. The first-order chi connectivity index (χ1) is 10.0. The summed E-state index contributed by atoms with van der Waals surface area (Å²) in [6, 6.07) is 6.74. The molecule has 1 aromatic carbocycles. The first-order valence-corrected chi connectivity index (χ1v) is 6.77. The standard InChI is InChI=1S/C15H19NO5/c1-2-9-21-12-5-3-11(4-6-12)13(17)7-8-14(18)16-10-15(19)20/h3-6H,2,7-10H2,1H3,(H,16,18)(H,19,20). The lowest BCUT2D eigenvalue weighted by atomic mass is 10.1. The number of ketones is 1. The molecule has 0 heterocycles. The summed E-state index contributed by atoms with van der Waals surface area (Å²) in [4.78, 5) is 33.5. The minimum absolute atomic E-state index is 0.0276. The van der Waals surface area contributed by atoms with Crippen molar-refractivity contribution >= 4 is 17.7 Å². The van der Waals surface area contributed by atoms with Crippen LogP contribution in [0.2, 0.25) is 0 Å². The number of benzene rings is 1. The van der Waals surface area contributed by atoms with Gasteiger partial charge in [-0.05, 0) is 30.7 Å². The van der Waals surface area contributed by atoms with Crippen LogP contribution in [-0.4, -0.2) is 35.9 Å². The second kappa shape index (κ2) is 8.73. The van der Waals surface area contributed by atoms with Crippen LogP contribution in [-0.2, 0) is 9.59 Å². The van der Waals surface area contributed by atoms with Crippen LogP contribution in [0.4, 0.5) is 0 Å². The van der Waals surface area contributed by atoms with E-state index in [4.69, 9.17) is 9.84 Å². The zero-order valence-electron chi connectivity index (χ0n) is 11.9. The molecule has 1 amide bonds. The lowest BCUT2D eigenvalue weighted by Crippen LogP contribution is -2.29. The fraction of sp³-hybridized carbons (Fsp3) is 0.400. The third kappa shape index (κ3) is 6.56. The maximum absolute atomic E-state index is 11.9. The summed E-state index contributed by atoms with van der Waals surface area (Å²) in [7, 11) is 0. The molecule has 1 rings (SSSR count). The molecule has 0 aliphatic heterocycles. The van der Waals surface area contributed by atoms with Crippen LogP contribution in [0.1, 0.15) is 36.5 Å². The van der Waals surface area contributed by atoms with E-state index < -0.39 is 18.4 Å². The molecule has 0 spiro atoms. The molecule has 0 atom stereocenters. The predicted octanol–water partition coefficient (Wildman–Crippen LogP) is 1.64. The number of carbonyl (C=O) groups excluding carboxylic acids is 2. The van der Waals surface area contributed by atoms with Crippen LogP contribution in [0.15, 0.2) is 24.3 Å². The molecule has 0 aliphatic carbocycles. The van der Waals surface area contributed by atoms with Crippen molar-refractivity contribution in [1.29, 1.82) is 0 Å². The van der Waals surface area contributed by atoms with Crippen LogP contribution in [0.5, 0.6) is 5.75 Å². The summed E-state index contributed by atoms with van der Waals surface area (Å²) >= 11 is 0.